The van der Waals surface area contributed by atoms with Crippen LogP contribution in [0.15, 0.2) is 23.1 Å². The summed E-state index contributed by atoms with van der Waals surface area (Å²) >= 11 is 6.06. The standard InChI is InChI=1S/C15H21ClN2O3S/c1-11(2)9-15(19)17-12-5-6-13(16)14(10-12)22(20,21)18-7-3-4-8-18/h5-6,10-11H,3-4,7-9H2,1-2H3,(H,17,19). The van der Waals surface area contributed by atoms with E-state index in [-0.39, 0.29) is 21.7 Å². The molecule has 1 heterocycles. The molecule has 1 fully saturated rings. The van der Waals surface area contributed by atoms with Gasteiger partial charge in [-0.3, -0.25) is 4.79 Å². The summed E-state index contributed by atoms with van der Waals surface area (Å²) < 4.78 is 26.6. The lowest BCUT2D eigenvalue weighted by atomic mass is 10.1. The number of anilines is 1. The molecule has 0 atom stereocenters. The van der Waals surface area contributed by atoms with E-state index in [4.69, 9.17) is 11.6 Å². The SMILES string of the molecule is CC(C)CC(=O)Nc1ccc(Cl)c(S(=O)(=O)N2CCCC2)c1. The third kappa shape index (κ3) is 4.00. The predicted molar refractivity (Wildman–Crippen MR) is 87.5 cm³/mol. The monoisotopic (exact) mass is 344 g/mol. The highest BCUT2D eigenvalue weighted by atomic mass is 35.5. The van der Waals surface area contributed by atoms with Crippen LogP contribution in [0.25, 0.3) is 0 Å². The average Bonchev–Trinajstić information content (AvgIpc) is 2.94. The zero-order chi connectivity index (χ0) is 16.3. The number of sulfonamides is 1. The second-order valence-corrected chi connectivity index (χ2v) is 8.22. The van der Waals surface area contributed by atoms with Crippen LogP contribution in [0.1, 0.15) is 33.1 Å². The zero-order valence-corrected chi connectivity index (χ0v) is 14.4. The Balaban J connectivity index is 2.25. The summed E-state index contributed by atoms with van der Waals surface area (Å²) in [6.45, 7) is 4.93. The number of benzene rings is 1. The third-order valence-electron chi connectivity index (χ3n) is 3.49. The van der Waals surface area contributed by atoms with Crippen molar-refractivity contribution < 1.29 is 13.2 Å². The summed E-state index contributed by atoms with van der Waals surface area (Å²) in [5.41, 5.74) is 0.452. The summed E-state index contributed by atoms with van der Waals surface area (Å²) in [7, 11) is -3.60. The molecule has 0 saturated carbocycles. The Bertz CT molecular complexity index is 653. The molecule has 0 unspecified atom stereocenters. The van der Waals surface area contributed by atoms with Gasteiger partial charge in [-0.1, -0.05) is 25.4 Å². The van der Waals surface area contributed by atoms with E-state index in [1.165, 1.54) is 16.4 Å². The molecule has 1 saturated heterocycles. The van der Waals surface area contributed by atoms with E-state index >= 15 is 0 Å². The van der Waals surface area contributed by atoms with Gasteiger partial charge >= 0.3 is 0 Å². The number of rotatable bonds is 5. The molecule has 0 aromatic heterocycles. The largest absolute Gasteiger partial charge is 0.326 e. The number of carbonyl (C=O) groups excluding carboxylic acids is 1. The highest BCUT2D eigenvalue weighted by Crippen LogP contribution is 2.29. The Kier molecular flexibility index (Phi) is 5.47. The van der Waals surface area contributed by atoms with E-state index in [1.54, 1.807) is 6.07 Å². The van der Waals surface area contributed by atoms with Crippen molar-refractivity contribution in [3.63, 3.8) is 0 Å². The first kappa shape index (κ1) is 17.2. The van der Waals surface area contributed by atoms with Crippen molar-refractivity contribution in [3.05, 3.63) is 23.2 Å². The van der Waals surface area contributed by atoms with Crippen molar-refractivity contribution in [2.75, 3.05) is 18.4 Å². The second-order valence-electron chi connectivity index (χ2n) is 5.90. The maximum Gasteiger partial charge on any atom is 0.244 e. The number of halogens is 1. The summed E-state index contributed by atoms with van der Waals surface area (Å²) in [6.07, 6.45) is 2.11. The van der Waals surface area contributed by atoms with Crippen LogP contribution in [0.4, 0.5) is 5.69 Å². The highest BCUT2D eigenvalue weighted by molar-refractivity contribution is 7.89. The van der Waals surface area contributed by atoms with Crippen LogP contribution in [0, 0.1) is 5.92 Å². The second kappa shape index (κ2) is 6.98. The first-order chi connectivity index (χ1) is 10.3. The lowest BCUT2D eigenvalue weighted by Crippen LogP contribution is -2.28. The van der Waals surface area contributed by atoms with Gasteiger partial charge in [0.05, 0.1) is 5.02 Å². The fourth-order valence-electron chi connectivity index (χ4n) is 2.43. The number of carbonyl (C=O) groups is 1. The van der Waals surface area contributed by atoms with Crippen molar-refractivity contribution in [1.82, 2.24) is 4.31 Å². The Morgan fingerprint density at radius 2 is 1.95 bits per heavy atom. The molecule has 2 rings (SSSR count). The zero-order valence-electron chi connectivity index (χ0n) is 12.8. The highest BCUT2D eigenvalue weighted by Gasteiger charge is 2.29. The lowest BCUT2D eigenvalue weighted by Gasteiger charge is -2.17. The quantitative estimate of drug-likeness (QED) is 0.892. The summed E-state index contributed by atoms with van der Waals surface area (Å²) in [5.74, 6) is 0.0990. The molecule has 0 aliphatic carbocycles. The third-order valence-corrected chi connectivity index (χ3v) is 5.87. The van der Waals surface area contributed by atoms with Crippen molar-refractivity contribution in [3.8, 4) is 0 Å². The first-order valence-electron chi connectivity index (χ1n) is 7.40. The number of nitrogens with zero attached hydrogens (tertiary/aromatic N) is 1. The van der Waals surface area contributed by atoms with Crippen molar-refractivity contribution in [2.24, 2.45) is 5.92 Å². The number of hydrogen-bond acceptors (Lipinski definition) is 3. The van der Waals surface area contributed by atoms with Crippen molar-refractivity contribution in [1.29, 1.82) is 0 Å². The van der Waals surface area contributed by atoms with E-state index in [9.17, 15) is 13.2 Å². The Hall–Kier alpha value is -1.11. The van der Waals surface area contributed by atoms with Crippen LogP contribution in [-0.4, -0.2) is 31.7 Å². The molecular formula is C15H21ClN2O3S. The summed E-state index contributed by atoms with van der Waals surface area (Å²) in [4.78, 5) is 11.9. The average molecular weight is 345 g/mol. The molecule has 0 bridgehead atoms. The molecule has 122 valence electrons. The van der Waals surface area contributed by atoms with Gasteiger partial charge in [-0.2, -0.15) is 4.31 Å². The maximum absolute atomic E-state index is 12.6. The Labute approximate surface area is 136 Å². The van der Waals surface area contributed by atoms with Gasteiger partial charge < -0.3 is 5.32 Å². The minimum absolute atomic E-state index is 0.0541. The van der Waals surface area contributed by atoms with Crippen LogP contribution < -0.4 is 5.32 Å². The van der Waals surface area contributed by atoms with Gasteiger partial charge in [0.1, 0.15) is 4.90 Å². The van der Waals surface area contributed by atoms with Gasteiger partial charge in [0.2, 0.25) is 15.9 Å². The topological polar surface area (TPSA) is 66.5 Å². The van der Waals surface area contributed by atoms with Gasteiger partial charge in [0.15, 0.2) is 0 Å². The molecule has 1 aromatic rings. The normalized spacial score (nSPS) is 16.2. The van der Waals surface area contributed by atoms with Crippen LogP contribution >= 0.6 is 11.6 Å². The van der Waals surface area contributed by atoms with E-state index in [2.05, 4.69) is 5.32 Å². The number of amides is 1. The van der Waals surface area contributed by atoms with Gasteiger partial charge in [0.25, 0.3) is 0 Å². The van der Waals surface area contributed by atoms with E-state index in [0.717, 1.165) is 12.8 Å². The molecule has 1 aliphatic heterocycles. The van der Waals surface area contributed by atoms with Crippen LogP contribution in [-0.2, 0) is 14.8 Å². The van der Waals surface area contributed by atoms with E-state index < -0.39 is 10.0 Å². The van der Waals surface area contributed by atoms with Crippen LogP contribution in [0.2, 0.25) is 5.02 Å². The molecular weight excluding hydrogens is 324 g/mol. The fourth-order valence-corrected chi connectivity index (χ4v) is 4.45. The van der Waals surface area contributed by atoms with Crippen LogP contribution in [0.5, 0.6) is 0 Å². The van der Waals surface area contributed by atoms with E-state index in [1.807, 2.05) is 13.8 Å². The van der Waals surface area contributed by atoms with Gasteiger partial charge in [-0.25, -0.2) is 8.42 Å². The molecule has 7 heteroatoms. The Morgan fingerprint density at radius 1 is 1.32 bits per heavy atom. The van der Waals surface area contributed by atoms with Gasteiger partial charge in [-0.05, 0) is 37.0 Å². The molecule has 0 spiro atoms. The summed E-state index contributed by atoms with van der Waals surface area (Å²) in [5, 5.41) is 2.90. The molecule has 5 nitrogen and oxygen atoms in total. The maximum atomic E-state index is 12.6. The molecule has 0 radical (unpaired) electrons. The predicted octanol–water partition coefficient (Wildman–Crippen LogP) is 3.11. The fraction of sp³-hybridized carbons (Fsp3) is 0.533. The molecule has 1 amide bonds. The molecule has 1 N–H and O–H groups in total. The van der Waals surface area contributed by atoms with Crippen molar-refractivity contribution in [2.45, 2.75) is 38.0 Å². The lowest BCUT2D eigenvalue weighted by molar-refractivity contribution is -0.116. The first-order valence-corrected chi connectivity index (χ1v) is 9.22. The number of nitrogens with one attached hydrogen (secondary N) is 1. The minimum Gasteiger partial charge on any atom is -0.326 e. The number of hydrogen-bond donors (Lipinski definition) is 1. The molecule has 1 aromatic carbocycles. The Morgan fingerprint density at radius 3 is 2.55 bits per heavy atom. The van der Waals surface area contributed by atoms with Crippen LogP contribution in [0.3, 0.4) is 0 Å². The smallest absolute Gasteiger partial charge is 0.244 e. The molecule has 22 heavy (non-hydrogen) atoms. The van der Waals surface area contributed by atoms with E-state index in [0.29, 0.717) is 25.2 Å². The van der Waals surface area contributed by atoms with Crippen molar-refractivity contribution >= 4 is 33.2 Å². The van der Waals surface area contributed by atoms with Gasteiger partial charge in [0, 0.05) is 25.2 Å². The molecule has 1 aliphatic rings. The van der Waals surface area contributed by atoms with Gasteiger partial charge in [-0.15, -0.1) is 0 Å². The minimum atomic E-state index is -3.60. The summed E-state index contributed by atoms with van der Waals surface area (Å²) in [6, 6.07) is 4.56.